The van der Waals surface area contributed by atoms with Gasteiger partial charge in [0.05, 0.1) is 12.4 Å². The molecule has 0 bridgehead atoms. The van der Waals surface area contributed by atoms with Crippen LogP contribution in [0.2, 0.25) is 0 Å². The lowest BCUT2D eigenvalue weighted by Crippen LogP contribution is -2.28. The first-order valence-electron chi connectivity index (χ1n) is 6.30. The second-order valence-corrected chi connectivity index (χ2v) is 5.62. The van der Waals surface area contributed by atoms with Gasteiger partial charge in [-0.05, 0) is 31.2 Å². The lowest BCUT2D eigenvalue weighted by atomic mass is 10.3. The molecule has 1 heterocycles. The Morgan fingerprint density at radius 3 is 2.59 bits per heavy atom. The number of H-pyrrole nitrogens is 2. The molecule has 1 unspecified atom stereocenters. The van der Waals surface area contributed by atoms with Gasteiger partial charge >= 0.3 is 5.69 Å². The summed E-state index contributed by atoms with van der Waals surface area (Å²) in [4.78, 5) is 36.5. The van der Waals surface area contributed by atoms with Crippen LogP contribution in [0.5, 0.6) is 5.75 Å². The van der Waals surface area contributed by atoms with Crippen molar-refractivity contribution in [2.45, 2.75) is 17.2 Å². The van der Waals surface area contributed by atoms with Crippen LogP contribution in [0.25, 0.3) is 0 Å². The highest BCUT2D eigenvalue weighted by atomic mass is 32.2. The highest BCUT2D eigenvalue weighted by Crippen LogP contribution is 2.20. The summed E-state index contributed by atoms with van der Waals surface area (Å²) in [6.07, 6.45) is 0. The van der Waals surface area contributed by atoms with Gasteiger partial charge in [0.25, 0.3) is 5.56 Å². The third kappa shape index (κ3) is 3.98. The van der Waals surface area contributed by atoms with E-state index in [1.165, 1.54) is 0 Å². The number of anilines is 1. The highest BCUT2D eigenvalue weighted by molar-refractivity contribution is 8.00. The fourth-order valence-corrected chi connectivity index (χ4v) is 2.31. The van der Waals surface area contributed by atoms with Crippen molar-refractivity contribution in [1.29, 1.82) is 0 Å². The molecular weight excluding hydrogens is 308 g/mol. The van der Waals surface area contributed by atoms with E-state index in [0.717, 1.165) is 11.8 Å². The van der Waals surface area contributed by atoms with E-state index in [2.05, 4.69) is 15.5 Å². The zero-order chi connectivity index (χ0) is 16.1. The average molecular weight is 322 g/mol. The third-order valence-electron chi connectivity index (χ3n) is 2.70. The van der Waals surface area contributed by atoms with Crippen LogP contribution in [0.1, 0.15) is 6.92 Å². The second-order valence-electron chi connectivity index (χ2n) is 4.29. The van der Waals surface area contributed by atoms with Crippen molar-refractivity contribution >= 4 is 23.4 Å². The van der Waals surface area contributed by atoms with Gasteiger partial charge in [-0.25, -0.2) is 9.89 Å². The van der Waals surface area contributed by atoms with E-state index in [1.54, 1.807) is 38.3 Å². The van der Waals surface area contributed by atoms with E-state index in [4.69, 9.17) is 4.74 Å². The number of aromatic nitrogens is 3. The lowest BCUT2D eigenvalue weighted by Gasteiger charge is -2.11. The number of rotatable bonds is 5. The van der Waals surface area contributed by atoms with Crippen molar-refractivity contribution in [3.63, 3.8) is 0 Å². The molecule has 116 valence electrons. The number of thioether (sulfide) groups is 1. The number of methoxy groups -OCH3 is 1. The van der Waals surface area contributed by atoms with Crippen LogP contribution < -0.4 is 21.3 Å². The van der Waals surface area contributed by atoms with Crippen molar-refractivity contribution in [2.75, 3.05) is 12.4 Å². The molecule has 0 aliphatic rings. The first kappa shape index (κ1) is 15.8. The summed E-state index contributed by atoms with van der Waals surface area (Å²) in [7, 11) is 1.56. The fourth-order valence-electron chi connectivity index (χ4n) is 1.56. The van der Waals surface area contributed by atoms with E-state index in [1.807, 2.05) is 4.98 Å². The van der Waals surface area contributed by atoms with Gasteiger partial charge < -0.3 is 10.1 Å². The van der Waals surface area contributed by atoms with Crippen molar-refractivity contribution in [2.24, 2.45) is 0 Å². The Bertz CT molecular complexity index is 769. The molecule has 2 aromatic rings. The molecule has 0 radical (unpaired) electrons. The number of carbonyl (C=O) groups is 1. The predicted molar refractivity (Wildman–Crippen MR) is 82.4 cm³/mol. The number of nitrogens with one attached hydrogen (secondary N) is 3. The summed E-state index contributed by atoms with van der Waals surface area (Å²) in [5.41, 5.74) is -0.705. The Morgan fingerprint density at radius 1 is 1.32 bits per heavy atom. The quantitative estimate of drug-likeness (QED) is 0.694. The van der Waals surface area contributed by atoms with Crippen molar-refractivity contribution in [3.05, 3.63) is 45.1 Å². The number of carbonyl (C=O) groups excluding carboxylic acids is 1. The number of amides is 1. The number of aromatic amines is 2. The van der Waals surface area contributed by atoms with Crippen molar-refractivity contribution in [3.8, 4) is 5.75 Å². The molecule has 2 rings (SSSR count). The van der Waals surface area contributed by atoms with Gasteiger partial charge in [0.2, 0.25) is 5.91 Å². The lowest BCUT2D eigenvalue weighted by molar-refractivity contribution is -0.115. The number of hydrogen-bond donors (Lipinski definition) is 3. The molecule has 0 saturated carbocycles. The summed E-state index contributed by atoms with van der Waals surface area (Å²) in [5.74, 6) is 0.395. The minimum absolute atomic E-state index is 0.0250. The normalized spacial score (nSPS) is 11.7. The van der Waals surface area contributed by atoms with E-state index in [9.17, 15) is 14.4 Å². The minimum Gasteiger partial charge on any atom is -0.497 e. The van der Waals surface area contributed by atoms with Crippen molar-refractivity contribution < 1.29 is 9.53 Å². The maximum absolute atomic E-state index is 12.1. The van der Waals surface area contributed by atoms with Crippen LogP contribution in [-0.2, 0) is 4.79 Å². The first-order chi connectivity index (χ1) is 10.5. The smallest absolute Gasteiger partial charge is 0.342 e. The molecule has 1 amide bonds. The monoisotopic (exact) mass is 322 g/mol. The minimum atomic E-state index is -0.690. The van der Waals surface area contributed by atoms with Gasteiger partial charge in [-0.2, -0.15) is 5.10 Å². The molecule has 3 N–H and O–H groups in total. The molecule has 0 aliphatic heterocycles. The maximum atomic E-state index is 12.1. The van der Waals surface area contributed by atoms with Gasteiger partial charge in [0.1, 0.15) is 5.75 Å². The average Bonchev–Trinajstić information content (AvgIpc) is 2.50. The SMILES string of the molecule is COc1ccc(NC(=O)C(C)Sc2n[nH]c(=O)[nH]c2=O)cc1. The van der Waals surface area contributed by atoms with Crippen LogP contribution in [0.15, 0.2) is 38.9 Å². The fraction of sp³-hybridized carbons (Fsp3) is 0.231. The molecule has 1 aromatic heterocycles. The third-order valence-corrected chi connectivity index (χ3v) is 3.76. The molecule has 9 heteroatoms. The predicted octanol–water partition coefficient (Wildman–Crippen LogP) is 0.586. The molecule has 1 aromatic carbocycles. The molecule has 1 atom stereocenters. The second kappa shape index (κ2) is 6.94. The molecule has 22 heavy (non-hydrogen) atoms. The zero-order valence-electron chi connectivity index (χ0n) is 11.9. The summed E-state index contributed by atoms with van der Waals surface area (Å²) in [6.45, 7) is 1.63. The topological polar surface area (TPSA) is 117 Å². The Balaban J connectivity index is 2.02. The number of benzene rings is 1. The molecule has 0 aliphatic carbocycles. The van der Waals surface area contributed by atoms with E-state index >= 15 is 0 Å². The van der Waals surface area contributed by atoms with Crippen LogP contribution in [0.4, 0.5) is 5.69 Å². The number of ether oxygens (including phenoxy) is 1. The Hall–Kier alpha value is -2.55. The van der Waals surface area contributed by atoms with Gasteiger partial charge in [-0.15, -0.1) is 0 Å². The number of hydrogen-bond acceptors (Lipinski definition) is 6. The Labute approximate surface area is 129 Å². The van der Waals surface area contributed by atoms with Gasteiger partial charge in [0.15, 0.2) is 5.03 Å². The van der Waals surface area contributed by atoms with Crippen LogP contribution in [0.3, 0.4) is 0 Å². The summed E-state index contributed by atoms with van der Waals surface area (Å²) in [5, 5.41) is 7.91. The summed E-state index contributed by atoms with van der Waals surface area (Å²) in [6, 6.07) is 6.86. The summed E-state index contributed by atoms with van der Waals surface area (Å²) < 4.78 is 5.03. The molecule has 0 spiro atoms. The van der Waals surface area contributed by atoms with E-state index in [-0.39, 0.29) is 10.9 Å². The largest absolute Gasteiger partial charge is 0.497 e. The molecule has 0 fully saturated rings. The summed E-state index contributed by atoms with van der Waals surface area (Å²) >= 11 is 0.952. The first-order valence-corrected chi connectivity index (χ1v) is 7.18. The molecule has 0 saturated heterocycles. The molecular formula is C13H14N4O4S. The van der Waals surface area contributed by atoms with Crippen LogP contribution >= 0.6 is 11.8 Å². The van der Waals surface area contributed by atoms with Gasteiger partial charge in [0, 0.05) is 5.69 Å². The van der Waals surface area contributed by atoms with E-state index < -0.39 is 16.5 Å². The van der Waals surface area contributed by atoms with Gasteiger partial charge in [-0.1, -0.05) is 11.8 Å². The highest BCUT2D eigenvalue weighted by Gasteiger charge is 2.17. The molecule has 8 nitrogen and oxygen atoms in total. The van der Waals surface area contributed by atoms with Crippen LogP contribution in [0, 0.1) is 0 Å². The maximum Gasteiger partial charge on any atom is 0.342 e. The zero-order valence-corrected chi connectivity index (χ0v) is 12.7. The van der Waals surface area contributed by atoms with Crippen LogP contribution in [-0.4, -0.2) is 33.4 Å². The van der Waals surface area contributed by atoms with Gasteiger partial charge in [-0.3, -0.25) is 14.6 Å². The number of nitrogens with zero attached hydrogens (tertiary/aromatic N) is 1. The standard InChI is InChI=1S/C13H14N4O4S/c1-7(22-12-11(19)15-13(20)17-16-12)10(18)14-8-3-5-9(21-2)6-4-8/h3-7H,1-2H3,(H,14,18)(H2,15,17,19,20). The van der Waals surface area contributed by atoms with Crippen molar-refractivity contribution in [1.82, 2.24) is 15.2 Å². The van der Waals surface area contributed by atoms with E-state index in [0.29, 0.717) is 11.4 Å². The Kier molecular flexibility index (Phi) is 4.99. The Morgan fingerprint density at radius 2 is 2.00 bits per heavy atom.